The van der Waals surface area contributed by atoms with Gasteiger partial charge in [0.15, 0.2) is 0 Å². The molecule has 25 heavy (non-hydrogen) atoms. The SMILES string of the molecule is CCN1C[C@@H](CN(C)C(=O)C[C@H]2NC(=O)NC2=O)Oc2ccccc21. The molecule has 0 spiro atoms. The van der Waals surface area contributed by atoms with Crippen LogP contribution in [0, 0.1) is 0 Å². The monoisotopic (exact) mass is 346 g/mol. The van der Waals surface area contributed by atoms with E-state index >= 15 is 0 Å². The normalized spacial score (nSPS) is 21.9. The summed E-state index contributed by atoms with van der Waals surface area (Å²) in [6.07, 6.45) is -0.217. The number of anilines is 1. The number of ether oxygens (including phenoxy) is 1. The molecule has 8 heteroatoms. The predicted octanol–water partition coefficient (Wildman–Crippen LogP) is 0.330. The smallest absolute Gasteiger partial charge is 0.322 e. The summed E-state index contributed by atoms with van der Waals surface area (Å²) in [7, 11) is 1.68. The summed E-state index contributed by atoms with van der Waals surface area (Å²) < 4.78 is 6.01. The topological polar surface area (TPSA) is 91.0 Å². The van der Waals surface area contributed by atoms with Gasteiger partial charge >= 0.3 is 6.03 Å². The highest BCUT2D eigenvalue weighted by atomic mass is 16.5. The van der Waals surface area contributed by atoms with Gasteiger partial charge in [0.1, 0.15) is 17.9 Å². The Balaban J connectivity index is 1.59. The average Bonchev–Trinajstić information content (AvgIpc) is 2.91. The van der Waals surface area contributed by atoms with E-state index in [0.717, 1.165) is 18.0 Å². The molecule has 0 bridgehead atoms. The van der Waals surface area contributed by atoms with Crippen molar-refractivity contribution in [3.05, 3.63) is 24.3 Å². The Bertz CT molecular complexity index is 693. The number of hydrogen-bond donors (Lipinski definition) is 2. The van der Waals surface area contributed by atoms with Crippen molar-refractivity contribution >= 4 is 23.5 Å². The number of imide groups is 1. The summed E-state index contributed by atoms with van der Waals surface area (Å²) in [6.45, 7) is 4.02. The number of nitrogens with one attached hydrogen (secondary N) is 2. The zero-order valence-electron chi connectivity index (χ0n) is 14.3. The number of carbonyl (C=O) groups excluding carboxylic acids is 3. The number of urea groups is 1. The number of likely N-dealkylation sites (N-methyl/N-ethyl adjacent to an activating group) is 2. The number of para-hydroxylation sites is 2. The van der Waals surface area contributed by atoms with Gasteiger partial charge in [-0.05, 0) is 19.1 Å². The van der Waals surface area contributed by atoms with E-state index in [-0.39, 0.29) is 18.4 Å². The van der Waals surface area contributed by atoms with Gasteiger partial charge in [-0.15, -0.1) is 0 Å². The minimum Gasteiger partial charge on any atom is -0.485 e. The fraction of sp³-hybridized carbons (Fsp3) is 0.471. The number of nitrogens with zero attached hydrogens (tertiary/aromatic N) is 2. The highest BCUT2D eigenvalue weighted by Crippen LogP contribution is 2.32. The van der Waals surface area contributed by atoms with Crippen molar-refractivity contribution < 1.29 is 19.1 Å². The van der Waals surface area contributed by atoms with Crippen LogP contribution in [-0.4, -0.2) is 61.6 Å². The average molecular weight is 346 g/mol. The van der Waals surface area contributed by atoms with Crippen LogP contribution in [0.2, 0.25) is 0 Å². The van der Waals surface area contributed by atoms with Crippen LogP contribution in [-0.2, 0) is 9.59 Å². The van der Waals surface area contributed by atoms with Crippen molar-refractivity contribution in [2.24, 2.45) is 0 Å². The van der Waals surface area contributed by atoms with Gasteiger partial charge in [-0.1, -0.05) is 12.1 Å². The van der Waals surface area contributed by atoms with Crippen LogP contribution in [0.15, 0.2) is 24.3 Å². The second-order valence-corrected chi connectivity index (χ2v) is 6.24. The Kier molecular flexibility index (Phi) is 4.78. The first kappa shape index (κ1) is 17.1. The molecular weight excluding hydrogens is 324 g/mol. The third kappa shape index (κ3) is 3.67. The summed E-state index contributed by atoms with van der Waals surface area (Å²) in [5.41, 5.74) is 1.06. The molecule has 3 rings (SSSR count). The van der Waals surface area contributed by atoms with Gasteiger partial charge < -0.3 is 19.9 Å². The molecule has 1 aromatic carbocycles. The Hall–Kier alpha value is -2.77. The third-order valence-electron chi connectivity index (χ3n) is 4.45. The maximum Gasteiger partial charge on any atom is 0.322 e. The highest BCUT2D eigenvalue weighted by molar-refractivity contribution is 6.05. The maximum absolute atomic E-state index is 12.3. The molecule has 0 aliphatic carbocycles. The van der Waals surface area contributed by atoms with E-state index in [0.29, 0.717) is 13.1 Å². The van der Waals surface area contributed by atoms with Crippen molar-refractivity contribution in [2.45, 2.75) is 25.5 Å². The standard InChI is InChI=1S/C17H22N4O4/c1-3-21-10-11(25-14-7-5-4-6-13(14)21)9-20(2)15(22)8-12-16(23)19-17(24)18-12/h4-7,11-12H,3,8-10H2,1-2H3,(H2,18,19,23,24)/t11-,12-/m1/s1. The Labute approximate surface area is 146 Å². The molecule has 2 atom stereocenters. The summed E-state index contributed by atoms with van der Waals surface area (Å²) in [4.78, 5) is 38.8. The van der Waals surface area contributed by atoms with Gasteiger partial charge in [-0.2, -0.15) is 0 Å². The zero-order valence-corrected chi connectivity index (χ0v) is 14.3. The van der Waals surface area contributed by atoms with E-state index in [9.17, 15) is 14.4 Å². The lowest BCUT2D eigenvalue weighted by Crippen LogP contribution is -2.47. The van der Waals surface area contributed by atoms with Crippen LogP contribution in [0.5, 0.6) is 5.75 Å². The fourth-order valence-electron chi connectivity index (χ4n) is 3.11. The number of carbonyl (C=O) groups is 3. The number of amides is 4. The minimum atomic E-state index is -0.803. The van der Waals surface area contributed by atoms with Gasteiger partial charge in [-0.3, -0.25) is 14.9 Å². The summed E-state index contributed by atoms with van der Waals surface area (Å²) in [5, 5.41) is 4.56. The summed E-state index contributed by atoms with van der Waals surface area (Å²) in [6, 6.07) is 6.47. The lowest BCUT2D eigenvalue weighted by atomic mass is 10.1. The van der Waals surface area contributed by atoms with E-state index in [1.54, 1.807) is 11.9 Å². The van der Waals surface area contributed by atoms with Crippen molar-refractivity contribution in [1.82, 2.24) is 15.5 Å². The number of hydrogen-bond acceptors (Lipinski definition) is 5. The molecule has 2 aliphatic heterocycles. The quantitative estimate of drug-likeness (QED) is 0.750. The molecule has 1 aromatic rings. The minimum absolute atomic E-state index is 0.0606. The van der Waals surface area contributed by atoms with E-state index in [4.69, 9.17) is 4.74 Å². The van der Waals surface area contributed by atoms with Gasteiger partial charge in [-0.25, -0.2) is 4.79 Å². The Morgan fingerprint density at radius 2 is 2.12 bits per heavy atom. The molecule has 2 heterocycles. The van der Waals surface area contributed by atoms with Crippen molar-refractivity contribution in [3.63, 3.8) is 0 Å². The van der Waals surface area contributed by atoms with Crippen LogP contribution >= 0.6 is 0 Å². The van der Waals surface area contributed by atoms with Gasteiger partial charge in [0.05, 0.1) is 25.2 Å². The fourth-order valence-corrected chi connectivity index (χ4v) is 3.11. The molecule has 0 unspecified atom stereocenters. The molecule has 0 aromatic heterocycles. The Morgan fingerprint density at radius 3 is 2.80 bits per heavy atom. The van der Waals surface area contributed by atoms with Crippen molar-refractivity contribution in [1.29, 1.82) is 0 Å². The van der Waals surface area contributed by atoms with Crippen LogP contribution < -0.4 is 20.3 Å². The predicted molar refractivity (Wildman–Crippen MR) is 91.5 cm³/mol. The van der Waals surface area contributed by atoms with Crippen LogP contribution in [0.3, 0.4) is 0 Å². The van der Waals surface area contributed by atoms with E-state index in [1.807, 2.05) is 24.3 Å². The second kappa shape index (κ2) is 7.00. The molecule has 134 valence electrons. The maximum atomic E-state index is 12.3. The van der Waals surface area contributed by atoms with Gasteiger partial charge in [0.25, 0.3) is 5.91 Å². The van der Waals surface area contributed by atoms with E-state index in [1.165, 1.54) is 0 Å². The lowest BCUT2D eigenvalue weighted by Gasteiger charge is -2.37. The molecular formula is C17H22N4O4. The van der Waals surface area contributed by atoms with Gasteiger partial charge in [0, 0.05) is 13.6 Å². The van der Waals surface area contributed by atoms with Crippen molar-refractivity contribution in [3.8, 4) is 5.75 Å². The molecule has 8 nitrogen and oxygen atoms in total. The van der Waals surface area contributed by atoms with Crippen molar-refractivity contribution in [2.75, 3.05) is 31.6 Å². The second-order valence-electron chi connectivity index (χ2n) is 6.24. The lowest BCUT2D eigenvalue weighted by molar-refractivity contribution is -0.133. The third-order valence-corrected chi connectivity index (χ3v) is 4.45. The number of rotatable bonds is 5. The highest BCUT2D eigenvalue weighted by Gasteiger charge is 2.33. The summed E-state index contributed by atoms with van der Waals surface area (Å²) in [5.74, 6) is 0.128. The largest absolute Gasteiger partial charge is 0.485 e. The zero-order chi connectivity index (χ0) is 18.0. The van der Waals surface area contributed by atoms with Crippen LogP contribution in [0.4, 0.5) is 10.5 Å². The molecule has 0 saturated carbocycles. The van der Waals surface area contributed by atoms with Crippen LogP contribution in [0.25, 0.3) is 0 Å². The molecule has 0 radical (unpaired) electrons. The Morgan fingerprint density at radius 1 is 1.36 bits per heavy atom. The first-order valence-electron chi connectivity index (χ1n) is 8.34. The van der Waals surface area contributed by atoms with E-state index < -0.39 is 18.0 Å². The first-order valence-corrected chi connectivity index (χ1v) is 8.34. The molecule has 2 aliphatic rings. The summed E-state index contributed by atoms with van der Waals surface area (Å²) >= 11 is 0. The van der Waals surface area contributed by atoms with E-state index in [2.05, 4.69) is 22.5 Å². The molecule has 1 fully saturated rings. The molecule has 1 saturated heterocycles. The number of fused-ring (bicyclic) bond motifs is 1. The van der Waals surface area contributed by atoms with Gasteiger partial charge in [0.2, 0.25) is 5.91 Å². The van der Waals surface area contributed by atoms with Crippen LogP contribution in [0.1, 0.15) is 13.3 Å². The first-order chi connectivity index (χ1) is 12.0. The number of benzene rings is 1. The molecule has 2 N–H and O–H groups in total. The molecule has 4 amide bonds.